The van der Waals surface area contributed by atoms with Gasteiger partial charge < -0.3 is 0 Å². The van der Waals surface area contributed by atoms with Crippen LogP contribution in [0.4, 0.5) is 4.39 Å². The fraction of sp³-hybridized carbons (Fsp3) is 0.438. The maximum Gasteiger partial charge on any atom is 0.141 e. The van der Waals surface area contributed by atoms with E-state index in [2.05, 4.69) is 13.5 Å². The number of aryl methyl sites for hydroxylation is 1. The van der Waals surface area contributed by atoms with Crippen molar-refractivity contribution in [3.05, 3.63) is 47.8 Å². The molecule has 0 aromatic heterocycles. The number of allylic oxidation sites excluding steroid dienone is 1. The van der Waals surface area contributed by atoms with Gasteiger partial charge in [-0.25, -0.2) is 4.39 Å². The molecular formula is C16H20FN. The number of hydrogen-bond donors (Lipinski definition) is 0. The molecule has 1 atom stereocenters. The first-order chi connectivity index (χ1) is 8.71. The summed E-state index contributed by atoms with van der Waals surface area (Å²) in [6.07, 6.45) is 7.34. The van der Waals surface area contributed by atoms with Crippen LogP contribution in [0.25, 0.3) is 0 Å². The summed E-state index contributed by atoms with van der Waals surface area (Å²) in [7, 11) is 0. The molecule has 1 aromatic carbocycles. The maximum absolute atomic E-state index is 13.4. The maximum atomic E-state index is 13.4. The summed E-state index contributed by atoms with van der Waals surface area (Å²) in [5, 5.41) is 8.65. The van der Waals surface area contributed by atoms with E-state index in [9.17, 15) is 4.39 Å². The second-order valence-electron chi connectivity index (χ2n) is 4.60. The normalized spacial score (nSPS) is 11.8. The lowest BCUT2D eigenvalue weighted by molar-refractivity contribution is 0.516. The first-order valence-corrected chi connectivity index (χ1v) is 6.52. The predicted molar refractivity (Wildman–Crippen MR) is 72.6 cm³/mol. The highest BCUT2D eigenvalue weighted by Gasteiger charge is 2.05. The van der Waals surface area contributed by atoms with E-state index in [0.717, 1.165) is 24.8 Å². The molecule has 0 aliphatic carbocycles. The van der Waals surface area contributed by atoms with Crippen molar-refractivity contribution in [3.8, 4) is 6.07 Å². The largest absolute Gasteiger partial charge is 0.206 e. The molecule has 1 unspecified atom stereocenters. The lowest BCUT2D eigenvalue weighted by atomic mass is 9.95. The summed E-state index contributed by atoms with van der Waals surface area (Å²) in [5.74, 6) is 0.155. The van der Waals surface area contributed by atoms with Gasteiger partial charge in [-0.3, -0.25) is 0 Å². The Kier molecular flexibility index (Phi) is 6.14. The molecule has 96 valence electrons. The molecule has 1 rings (SSSR count). The van der Waals surface area contributed by atoms with Crippen LogP contribution < -0.4 is 0 Å². The number of rotatable bonds is 7. The first-order valence-electron chi connectivity index (χ1n) is 6.52. The molecule has 0 aliphatic rings. The zero-order chi connectivity index (χ0) is 13.4. The molecule has 0 bridgehead atoms. The molecule has 0 saturated carbocycles. The second kappa shape index (κ2) is 7.66. The van der Waals surface area contributed by atoms with Crippen molar-refractivity contribution in [3.63, 3.8) is 0 Å². The van der Waals surface area contributed by atoms with Crippen molar-refractivity contribution >= 4 is 0 Å². The smallest absolute Gasteiger partial charge is 0.141 e. The number of hydrogen-bond acceptors (Lipinski definition) is 1. The summed E-state index contributed by atoms with van der Waals surface area (Å²) in [6.45, 7) is 6.02. The Hall–Kier alpha value is -1.62. The van der Waals surface area contributed by atoms with Crippen molar-refractivity contribution in [1.82, 2.24) is 0 Å². The fourth-order valence-corrected chi connectivity index (χ4v) is 2.12. The number of benzene rings is 1. The molecule has 1 aromatic rings. The van der Waals surface area contributed by atoms with E-state index in [0.29, 0.717) is 5.92 Å². The van der Waals surface area contributed by atoms with Crippen LogP contribution in [0.15, 0.2) is 30.9 Å². The highest BCUT2D eigenvalue weighted by Crippen LogP contribution is 2.17. The van der Waals surface area contributed by atoms with Crippen molar-refractivity contribution in [2.24, 2.45) is 5.92 Å². The van der Waals surface area contributed by atoms with Crippen molar-refractivity contribution in [2.45, 2.75) is 39.0 Å². The van der Waals surface area contributed by atoms with Gasteiger partial charge in [-0.1, -0.05) is 25.5 Å². The van der Waals surface area contributed by atoms with Crippen LogP contribution in [0.5, 0.6) is 0 Å². The summed E-state index contributed by atoms with van der Waals surface area (Å²) < 4.78 is 13.4. The van der Waals surface area contributed by atoms with Gasteiger partial charge in [0, 0.05) is 0 Å². The van der Waals surface area contributed by atoms with Gasteiger partial charge in [0.2, 0.25) is 0 Å². The lowest BCUT2D eigenvalue weighted by Crippen LogP contribution is -1.97. The molecule has 2 heteroatoms. The molecule has 0 N–H and O–H groups in total. The minimum absolute atomic E-state index is 0.119. The van der Waals surface area contributed by atoms with E-state index in [1.54, 1.807) is 6.07 Å². The number of nitrogens with zero attached hydrogens (tertiary/aromatic N) is 1. The molecule has 18 heavy (non-hydrogen) atoms. The molecule has 0 fully saturated rings. The van der Waals surface area contributed by atoms with Gasteiger partial charge in [-0.15, -0.1) is 6.58 Å². The van der Waals surface area contributed by atoms with Crippen LogP contribution in [0.3, 0.4) is 0 Å². The van der Waals surface area contributed by atoms with Crippen LogP contribution in [0.1, 0.15) is 43.7 Å². The van der Waals surface area contributed by atoms with Crippen LogP contribution in [0, 0.1) is 23.1 Å². The van der Waals surface area contributed by atoms with E-state index >= 15 is 0 Å². The Labute approximate surface area is 109 Å². The Morgan fingerprint density at radius 3 is 2.78 bits per heavy atom. The van der Waals surface area contributed by atoms with Crippen LogP contribution in [0.2, 0.25) is 0 Å². The zero-order valence-corrected chi connectivity index (χ0v) is 11.0. The summed E-state index contributed by atoms with van der Waals surface area (Å²) in [6, 6.07) is 6.70. The highest BCUT2D eigenvalue weighted by molar-refractivity contribution is 5.33. The van der Waals surface area contributed by atoms with Crippen LogP contribution in [-0.2, 0) is 6.42 Å². The van der Waals surface area contributed by atoms with Gasteiger partial charge in [-0.05, 0) is 49.3 Å². The van der Waals surface area contributed by atoms with E-state index < -0.39 is 5.82 Å². The minimum atomic E-state index is -0.413. The van der Waals surface area contributed by atoms with Gasteiger partial charge in [-0.2, -0.15) is 5.26 Å². The van der Waals surface area contributed by atoms with Gasteiger partial charge in [0.15, 0.2) is 0 Å². The lowest BCUT2D eigenvalue weighted by Gasteiger charge is -2.10. The monoisotopic (exact) mass is 245 g/mol. The van der Waals surface area contributed by atoms with Gasteiger partial charge >= 0.3 is 0 Å². The third kappa shape index (κ3) is 4.33. The Balaban J connectivity index is 2.47. The third-order valence-corrected chi connectivity index (χ3v) is 3.19. The molecule has 0 amide bonds. The van der Waals surface area contributed by atoms with Crippen LogP contribution >= 0.6 is 0 Å². The van der Waals surface area contributed by atoms with E-state index in [4.69, 9.17) is 5.26 Å². The Morgan fingerprint density at radius 2 is 2.22 bits per heavy atom. The summed E-state index contributed by atoms with van der Waals surface area (Å²) >= 11 is 0. The molecule has 0 heterocycles. The number of nitriles is 1. The molecule has 0 spiro atoms. The summed E-state index contributed by atoms with van der Waals surface area (Å²) in [5.41, 5.74) is 1.08. The minimum Gasteiger partial charge on any atom is -0.206 e. The van der Waals surface area contributed by atoms with Crippen LogP contribution in [-0.4, -0.2) is 0 Å². The second-order valence-corrected chi connectivity index (χ2v) is 4.60. The molecule has 0 aliphatic heterocycles. The van der Waals surface area contributed by atoms with Crippen molar-refractivity contribution in [1.29, 1.82) is 5.26 Å². The van der Waals surface area contributed by atoms with Gasteiger partial charge in [0.05, 0.1) is 5.56 Å². The average molecular weight is 245 g/mol. The van der Waals surface area contributed by atoms with Crippen molar-refractivity contribution in [2.75, 3.05) is 0 Å². The summed E-state index contributed by atoms with van der Waals surface area (Å²) in [4.78, 5) is 0. The van der Waals surface area contributed by atoms with Gasteiger partial charge in [0.1, 0.15) is 11.9 Å². The van der Waals surface area contributed by atoms with Crippen molar-refractivity contribution < 1.29 is 4.39 Å². The van der Waals surface area contributed by atoms with E-state index in [1.165, 1.54) is 18.9 Å². The average Bonchev–Trinajstić information content (AvgIpc) is 2.38. The quantitative estimate of drug-likeness (QED) is 0.643. The fourth-order valence-electron chi connectivity index (χ4n) is 2.12. The number of halogens is 1. The van der Waals surface area contributed by atoms with E-state index in [1.807, 2.05) is 18.2 Å². The molecule has 0 saturated heterocycles. The zero-order valence-electron chi connectivity index (χ0n) is 11.0. The molecular weight excluding hydrogens is 225 g/mol. The van der Waals surface area contributed by atoms with E-state index in [-0.39, 0.29) is 5.56 Å². The Morgan fingerprint density at radius 1 is 1.44 bits per heavy atom. The predicted octanol–water partition coefficient (Wildman–Crippen LogP) is 4.62. The Bertz CT molecular complexity index is 431. The standard InChI is InChI=1S/C16H20FN/c1-3-6-13(4-2)7-5-8-14-9-10-15(12-18)16(17)11-14/h4,9-11,13H,2-3,5-8H2,1H3. The van der Waals surface area contributed by atoms with Gasteiger partial charge in [0.25, 0.3) is 0 Å². The highest BCUT2D eigenvalue weighted by atomic mass is 19.1. The molecule has 1 nitrogen and oxygen atoms in total. The topological polar surface area (TPSA) is 23.8 Å². The SMILES string of the molecule is C=CC(CCC)CCCc1ccc(C#N)c(F)c1. The first kappa shape index (κ1) is 14.4. The molecule has 0 radical (unpaired) electrons. The third-order valence-electron chi connectivity index (χ3n) is 3.19.